The van der Waals surface area contributed by atoms with E-state index >= 15 is 0 Å². The van der Waals surface area contributed by atoms with E-state index in [0.717, 1.165) is 38.3 Å². The fraction of sp³-hybridized carbons (Fsp3) is 0.727. The number of hydrogen-bond acceptors (Lipinski definition) is 4. The lowest BCUT2D eigenvalue weighted by atomic mass is 9.80. The molecule has 1 aromatic heterocycles. The molecule has 1 fully saturated rings. The quantitative estimate of drug-likeness (QED) is 0.785. The van der Waals surface area contributed by atoms with Gasteiger partial charge in [0.05, 0.1) is 11.9 Å². The number of rotatable bonds is 4. The molecule has 0 aromatic carbocycles. The Kier molecular flexibility index (Phi) is 3.46. The Morgan fingerprint density at radius 2 is 2.31 bits per heavy atom. The van der Waals surface area contributed by atoms with Crippen molar-refractivity contribution >= 4 is 5.69 Å². The first-order chi connectivity index (χ1) is 7.74. The number of anilines is 1. The number of aromatic nitrogens is 2. The fourth-order valence-corrected chi connectivity index (χ4v) is 2.06. The molecule has 1 aliphatic heterocycles. The lowest BCUT2D eigenvalue weighted by Gasteiger charge is -2.36. The molecule has 5 heteroatoms. The van der Waals surface area contributed by atoms with Gasteiger partial charge in [-0.2, -0.15) is 5.10 Å². The summed E-state index contributed by atoms with van der Waals surface area (Å²) in [7, 11) is 1.92. The first kappa shape index (κ1) is 11.4. The highest BCUT2D eigenvalue weighted by atomic mass is 16.5. The minimum Gasteiger partial charge on any atom is -0.382 e. The highest BCUT2D eigenvalue weighted by Crippen LogP contribution is 2.29. The van der Waals surface area contributed by atoms with Gasteiger partial charge < -0.3 is 15.8 Å². The lowest BCUT2D eigenvalue weighted by molar-refractivity contribution is 0.0253. The molecule has 1 aromatic rings. The second-order valence-electron chi connectivity index (χ2n) is 4.57. The predicted octanol–water partition coefficient (Wildman–Crippen LogP) is 0.587. The normalized spacial score (nSPS) is 19.6. The molecule has 0 unspecified atom stereocenters. The van der Waals surface area contributed by atoms with Gasteiger partial charge in [-0.15, -0.1) is 0 Å². The third-order valence-electron chi connectivity index (χ3n) is 3.36. The van der Waals surface area contributed by atoms with Crippen molar-refractivity contribution in [3.63, 3.8) is 0 Å². The van der Waals surface area contributed by atoms with Crippen LogP contribution in [-0.4, -0.2) is 36.1 Å². The van der Waals surface area contributed by atoms with Crippen LogP contribution in [0.1, 0.15) is 12.8 Å². The molecule has 0 amide bonds. The molecule has 2 rings (SSSR count). The number of hydrogen-bond donors (Lipinski definition) is 2. The van der Waals surface area contributed by atoms with Crippen molar-refractivity contribution in [2.45, 2.75) is 12.8 Å². The number of nitrogens with zero attached hydrogens (tertiary/aromatic N) is 2. The van der Waals surface area contributed by atoms with Crippen LogP contribution in [0.15, 0.2) is 12.4 Å². The minimum absolute atomic E-state index is 0.189. The van der Waals surface area contributed by atoms with Gasteiger partial charge in [0.2, 0.25) is 0 Å². The van der Waals surface area contributed by atoms with Crippen LogP contribution in [0.2, 0.25) is 0 Å². The topological polar surface area (TPSA) is 65.1 Å². The van der Waals surface area contributed by atoms with Crippen LogP contribution in [0.25, 0.3) is 0 Å². The van der Waals surface area contributed by atoms with E-state index < -0.39 is 0 Å². The van der Waals surface area contributed by atoms with Gasteiger partial charge in [-0.3, -0.25) is 4.68 Å². The molecule has 0 spiro atoms. The van der Waals surface area contributed by atoms with E-state index in [9.17, 15) is 0 Å². The third kappa shape index (κ3) is 2.54. The molecule has 2 heterocycles. The first-order valence-corrected chi connectivity index (χ1v) is 5.74. The van der Waals surface area contributed by atoms with Gasteiger partial charge in [0.15, 0.2) is 0 Å². The minimum atomic E-state index is 0.189. The van der Waals surface area contributed by atoms with Crippen LogP contribution in [0.5, 0.6) is 0 Å². The summed E-state index contributed by atoms with van der Waals surface area (Å²) in [5.74, 6) is 0. The SMILES string of the molecule is Cn1cc(NCC2(CN)CCOCC2)cn1. The summed E-state index contributed by atoms with van der Waals surface area (Å²) in [6.07, 6.45) is 5.89. The largest absolute Gasteiger partial charge is 0.382 e. The highest BCUT2D eigenvalue weighted by molar-refractivity contribution is 5.38. The maximum Gasteiger partial charge on any atom is 0.0726 e. The standard InChI is InChI=1S/C11H20N4O/c1-15-7-10(6-14-15)13-9-11(8-12)2-4-16-5-3-11/h6-7,13H,2-5,8-9,12H2,1H3. The van der Waals surface area contributed by atoms with Crippen molar-refractivity contribution in [2.75, 3.05) is 31.6 Å². The molecule has 3 N–H and O–H groups in total. The number of nitrogens with two attached hydrogens (primary N) is 1. The van der Waals surface area contributed by atoms with Crippen LogP contribution >= 0.6 is 0 Å². The van der Waals surface area contributed by atoms with Gasteiger partial charge in [-0.05, 0) is 19.4 Å². The van der Waals surface area contributed by atoms with Crippen molar-refractivity contribution in [2.24, 2.45) is 18.2 Å². The van der Waals surface area contributed by atoms with E-state index in [-0.39, 0.29) is 5.41 Å². The van der Waals surface area contributed by atoms with Crippen molar-refractivity contribution in [3.05, 3.63) is 12.4 Å². The van der Waals surface area contributed by atoms with Crippen molar-refractivity contribution in [1.82, 2.24) is 9.78 Å². The summed E-state index contributed by atoms with van der Waals surface area (Å²) in [4.78, 5) is 0. The van der Waals surface area contributed by atoms with E-state index in [1.165, 1.54) is 0 Å². The molecule has 0 atom stereocenters. The molecule has 0 aliphatic carbocycles. The maximum absolute atomic E-state index is 5.89. The number of ether oxygens (including phenoxy) is 1. The van der Waals surface area contributed by atoms with E-state index in [2.05, 4.69) is 10.4 Å². The number of nitrogens with one attached hydrogen (secondary N) is 1. The lowest BCUT2D eigenvalue weighted by Crippen LogP contribution is -2.42. The Morgan fingerprint density at radius 3 is 2.88 bits per heavy atom. The average molecular weight is 224 g/mol. The maximum atomic E-state index is 5.89. The molecular formula is C11H20N4O. The summed E-state index contributed by atoms with van der Waals surface area (Å²) < 4.78 is 7.18. The molecule has 1 saturated heterocycles. The van der Waals surface area contributed by atoms with Crippen LogP contribution in [0.3, 0.4) is 0 Å². The van der Waals surface area contributed by atoms with E-state index in [4.69, 9.17) is 10.5 Å². The first-order valence-electron chi connectivity index (χ1n) is 5.74. The molecule has 0 radical (unpaired) electrons. The molecule has 90 valence electrons. The van der Waals surface area contributed by atoms with Gasteiger partial charge in [-0.25, -0.2) is 0 Å². The smallest absolute Gasteiger partial charge is 0.0726 e. The Bertz CT molecular complexity index is 330. The zero-order valence-corrected chi connectivity index (χ0v) is 9.78. The van der Waals surface area contributed by atoms with Crippen molar-refractivity contribution in [3.8, 4) is 0 Å². The second kappa shape index (κ2) is 4.84. The van der Waals surface area contributed by atoms with E-state index in [1.54, 1.807) is 4.68 Å². The number of aryl methyl sites for hydroxylation is 1. The Hall–Kier alpha value is -1.07. The van der Waals surface area contributed by atoms with Crippen LogP contribution in [-0.2, 0) is 11.8 Å². The summed E-state index contributed by atoms with van der Waals surface area (Å²) in [5.41, 5.74) is 7.14. The molecular weight excluding hydrogens is 204 g/mol. The molecule has 0 saturated carbocycles. The fourth-order valence-electron chi connectivity index (χ4n) is 2.06. The van der Waals surface area contributed by atoms with Crippen LogP contribution < -0.4 is 11.1 Å². The van der Waals surface area contributed by atoms with Gasteiger partial charge in [0, 0.05) is 38.4 Å². The van der Waals surface area contributed by atoms with Crippen molar-refractivity contribution < 1.29 is 4.74 Å². The van der Waals surface area contributed by atoms with Crippen molar-refractivity contribution in [1.29, 1.82) is 0 Å². The highest BCUT2D eigenvalue weighted by Gasteiger charge is 2.30. The molecule has 0 bridgehead atoms. The second-order valence-corrected chi connectivity index (χ2v) is 4.57. The Balaban J connectivity index is 1.91. The summed E-state index contributed by atoms with van der Waals surface area (Å²) in [6.45, 7) is 3.26. The Morgan fingerprint density at radius 1 is 1.56 bits per heavy atom. The predicted molar refractivity (Wildman–Crippen MR) is 63.2 cm³/mol. The molecule has 1 aliphatic rings. The van der Waals surface area contributed by atoms with Crippen LogP contribution in [0.4, 0.5) is 5.69 Å². The van der Waals surface area contributed by atoms with Crippen LogP contribution in [0, 0.1) is 5.41 Å². The Labute approximate surface area is 96.0 Å². The van der Waals surface area contributed by atoms with Gasteiger partial charge in [-0.1, -0.05) is 0 Å². The summed E-state index contributed by atoms with van der Waals surface area (Å²) in [5, 5.41) is 7.54. The third-order valence-corrected chi connectivity index (χ3v) is 3.36. The zero-order chi connectivity index (χ0) is 11.4. The van der Waals surface area contributed by atoms with E-state index in [0.29, 0.717) is 6.54 Å². The summed E-state index contributed by atoms with van der Waals surface area (Å²) >= 11 is 0. The van der Waals surface area contributed by atoms with Gasteiger partial charge >= 0.3 is 0 Å². The molecule has 16 heavy (non-hydrogen) atoms. The van der Waals surface area contributed by atoms with E-state index in [1.807, 2.05) is 19.4 Å². The molecule has 5 nitrogen and oxygen atoms in total. The summed E-state index contributed by atoms with van der Waals surface area (Å²) in [6, 6.07) is 0. The zero-order valence-electron chi connectivity index (χ0n) is 9.78. The monoisotopic (exact) mass is 224 g/mol. The average Bonchev–Trinajstić information content (AvgIpc) is 2.74. The van der Waals surface area contributed by atoms with Gasteiger partial charge in [0.1, 0.15) is 0 Å². The van der Waals surface area contributed by atoms with Gasteiger partial charge in [0.25, 0.3) is 0 Å².